The summed E-state index contributed by atoms with van der Waals surface area (Å²) in [6.45, 7) is 1.69. The molecule has 1 amide bonds. The third-order valence-electron chi connectivity index (χ3n) is 6.14. The molecule has 2 N–H and O–H groups in total. The average Bonchev–Trinajstić information content (AvgIpc) is 3.61. The summed E-state index contributed by atoms with van der Waals surface area (Å²) in [6, 6.07) is 8.41. The molecule has 1 fully saturated rings. The molecule has 36 heavy (non-hydrogen) atoms. The molecule has 1 aromatic carbocycles. The van der Waals surface area contributed by atoms with Crippen molar-refractivity contribution in [3.8, 4) is 0 Å². The molecule has 0 aliphatic heterocycles. The molecule has 0 spiro atoms. The predicted molar refractivity (Wildman–Crippen MR) is 126 cm³/mol. The summed E-state index contributed by atoms with van der Waals surface area (Å²) in [4.78, 5) is 41.3. The van der Waals surface area contributed by atoms with Crippen LogP contribution >= 0.6 is 0 Å². The van der Waals surface area contributed by atoms with Crippen LogP contribution in [0.15, 0.2) is 53.6 Å². The van der Waals surface area contributed by atoms with E-state index in [0.717, 1.165) is 10.7 Å². The number of nitrogens with zero attached hydrogens (tertiary/aromatic N) is 3. The van der Waals surface area contributed by atoms with Gasteiger partial charge in [0.2, 0.25) is 5.91 Å². The third kappa shape index (κ3) is 5.61. The maximum Gasteiger partial charge on any atom is 0.418 e. The van der Waals surface area contributed by atoms with E-state index in [4.69, 9.17) is 0 Å². The zero-order chi connectivity index (χ0) is 26.1. The first-order valence-corrected chi connectivity index (χ1v) is 11.2. The number of hydrogen-bond acceptors (Lipinski definition) is 6. The van der Waals surface area contributed by atoms with E-state index in [1.54, 1.807) is 25.1 Å². The van der Waals surface area contributed by atoms with Gasteiger partial charge in [-0.15, -0.1) is 0 Å². The summed E-state index contributed by atoms with van der Waals surface area (Å²) in [5.41, 5.74) is -0.535. The van der Waals surface area contributed by atoms with Crippen LogP contribution in [0.3, 0.4) is 0 Å². The Labute approximate surface area is 204 Å². The van der Waals surface area contributed by atoms with Crippen LogP contribution in [0.2, 0.25) is 0 Å². The number of ketones is 1. The van der Waals surface area contributed by atoms with Crippen molar-refractivity contribution >= 4 is 23.1 Å². The Morgan fingerprint density at radius 1 is 1.11 bits per heavy atom. The number of amides is 1. The Kier molecular flexibility index (Phi) is 6.66. The lowest BCUT2D eigenvalue weighted by atomic mass is 9.95. The maximum absolute atomic E-state index is 13.3. The monoisotopic (exact) mass is 499 g/mol. The second-order valence-corrected chi connectivity index (χ2v) is 8.98. The zero-order valence-electron chi connectivity index (χ0n) is 19.6. The Balaban J connectivity index is 1.35. The van der Waals surface area contributed by atoms with Gasteiger partial charge >= 0.3 is 6.18 Å². The van der Waals surface area contributed by atoms with Crippen molar-refractivity contribution in [3.05, 3.63) is 81.5 Å². The number of aryl methyl sites for hydroxylation is 2. The molecular formula is C25H24F3N5O3. The number of benzene rings is 1. The number of Topliss-reactive ketones (excluding diaryl/α,β-unsaturated/α-hetero) is 1. The number of carbonyl (C=O) groups is 2. The molecule has 4 rings (SSSR count). The molecule has 2 heterocycles. The molecule has 2 aromatic heterocycles. The number of aromatic nitrogens is 3. The van der Waals surface area contributed by atoms with E-state index in [2.05, 4.69) is 20.7 Å². The highest BCUT2D eigenvalue weighted by atomic mass is 19.4. The molecule has 0 bridgehead atoms. The minimum Gasteiger partial charge on any atom is -0.354 e. The lowest BCUT2D eigenvalue weighted by Crippen LogP contribution is -2.33. The molecule has 1 aliphatic rings. The molecule has 188 valence electrons. The second-order valence-electron chi connectivity index (χ2n) is 8.98. The number of pyridine rings is 1. The summed E-state index contributed by atoms with van der Waals surface area (Å²) in [6.07, 6.45) is -0.721. The largest absolute Gasteiger partial charge is 0.418 e. The maximum atomic E-state index is 13.3. The lowest BCUT2D eigenvalue weighted by Gasteiger charge is -2.16. The Morgan fingerprint density at radius 3 is 2.47 bits per heavy atom. The lowest BCUT2D eigenvalue weighted by molar-refractivity contribution is -0.137. The van der Waals surface area contributed by atoms with E-state index in [-0.39, 0.29) is 35.9 Å². The third-order valence-corrected chi connectivity index (χ3v) is 6.14. The molecule has 0 radical (unpaired) electrons. The minimum absolute atomic E-state index is 0.0257. The van der Waals surface area contributed by atoms with Gasteiger partial charge in [-0.05, 0) is 44.0 Å². The van der Waals surface area contributed by atoms with Gasteiger partial charge in [0, 0.05) is 25.1 Å². The van der Waals surface area contributed by atoms with E-state index < -0.39 is 22.7 Å². The number of alkyl halides is 3. The Bertz CT molecular complexity index is 1360. The normalized spacial score (nSPS) is 14.2. The SMILES string of the molecule is Cc1ccc(Nc2ccc(CNC(=O)C3(CC(=O)c4cnn(C)c(=O)c4)CC3)nc2)c(C(F)(F)F)c1. The fourth-order valence-electron chi connectivity index (χ4n) is 3.78. The molecule has 1 aliphatic carbocycles. The van der Waals surface area contributed by atoms with Crippen molar-refractivity contribution in [1.29, 1.82) is 0 Å². The van der Waals surface area contributed by atoms with Crippen LogP contribution in [0.5, 0.6) is 0 Å². The molecule has 0 unspecified atom stereocenters. The summed E-state index contributed by atoms with van der Waals surface area (Å²) in [5.74, 6) is -0.609. The molecule has 0 saturated heterocycles. The molecule has 0 atom stereocenters. The van der Waals surface area contributed by atoms with Crippen molar-refractivity contribution in [2.75, 3.05) is 5.32 Å². The standard InChI is InChI=1S/C25H24F3N5O3/c1-15-3-6-20(19(9-15)25(26,27)28)32-18-5-4-17(29-14-18)13-30-23(36)24(7-8-24)11-21(34)16-10-22(35)33(2)31-12-16/h3-6,9-10,12,14,32H,7-8,11,13H2,1-2H3,(H,30,36). The van der Waals surface area contributed by atoms with Gasteiger partial charge in [0.15, 0.2) is 5.78 Å². The van der Waals surface area contributed by atoms with Gasteiger partial charge in [0.25, 0.3) is 5.56 Å². The number of carbonyl (C=O) groups excluding carboxylic acids is 2. The van der Waals surface area contributed by atoms with Gasteiger partial charge in [-0.3, -0.25) is 19.4 Å². The Morgan fingerprint density at radius 2 is 1.86 bits per heavy atom. The van der Waals surface area contributed by atoms with Crippen molar-refractivity contribution in [2.24, 2.45) is 12.5 Å². The van der Waals surface area contributed by atoms with E-state index in [0.29, 0.717) is 29.8 Å². The van der Waals surface area contributed by atoms with E-state index in [1.807, 2.05) is 0 Å². The molecule has 3 aromatic rings. The molecule has 11 heteroatoms. The number of anilines is 2. The van der Waals surface area contributed by atoms with Gasteiger partial charge in [0.05, 0.1) is 47.0 Å². The topological polar surface area (TPSA) is 106 Å². The van der Waals surface area contributed by atoms with E-state index in [9.17, 15) is 27.6 Å². The zero-order valence-corrected chi connectivity index (χ0v) is 19.6. The van der Waals surface area contributed by atoms with Gasteiger partial charge < -0.3 is 10.6 Å². The van der Waals surface area contributed by atoms with E-state index in [1.165, 1.54) is 31.6 Å². The van der Waals surface area contributed by atoms with Gasteiger partial charge in [0.1, 0.15) is 0 Å². The van der Waals surface area contributed by atoms with Gasteiger partial charge in [-0.25, -0.2) is 4.68 Å². The van der Waals surface area contributed by atoms with Crippen LogP contribution in [0.4, 0.5) is 24.5 Å². The molecule has 8 nitrogen and oxygen atoms in total. The average molecular weight is 499 g/mol. The highest BCUT2D eigenvalue weighted by Crippen LogP contribution is 2.49. The fraction of sp³-hybridized carbons (Fsp3) is 0.320. The smallest absolute Gasteiger partial charge is 0.354 e. The summed E-state index contributed by atoms with van der Waals surface area (Å²) in [5, 5.41) is 9.36. The van der Waals surface area contributed by atoms with Crippen molar-refractivity contribution in [3.63, 3.8) is 0 Å². The van der Waals surface area contributed by atoms with Crippen LogP contribution in [0.25, 0.3) is 0 Å². The van der Waals surface area contributed by atoms with Crippen molar-refractivity contribution in [1.82, 2.24) is 20.1 Å². The first-order chi connectivity index (χ1) is 17.0. The quantitative estimate of drug-likeness (QED) is 0.455. The van der Waals surface area contributed by atoms with Crippen LogP contribution in [0, 0.1) is 12.3 Å². The minimum atomic E-state index is -4.50. The van der Waals surface area contributed by atoms with Crippen molar-refractivity contribution < 1.29 is 22.8 Å². The molecular weight excluding hydrogens is 475 g/mol. The van der Waals surface area contributed by atoms with Gasteiger partial charge in [-0.2, -0.15) is 18.3 Å². The van der Waals surface area contributed by atoms with Gasteiger partial charge in [-0.1, -0.05) is 11.6 Å². The summed E-state index contributed by atoms with van der Waals surface area (Å²) < 4.78 is 41.2. The van der Waals surface area contributed by atoms with Crippen LogP contribution in [0.1, 0.15) is 46.4 Å². The summed E-state index contributed by atoms with van der Waals surface area (Å²) >= 11 is 0. The van der Waals surface area contributed by atoms with E-state index >= 15 is 0 Å². The number of nitrogens with one attached hydrogen (secondary N) is 2. The predicted octanol–water partition coefficient (Wildman–Crippen LogP) is 3.92. The number of rotatable bonds is 8. The first-order valence-electron chi connectivity index (χ1n) is 11.2. The van der Waals surface area contributed by atoms with Crippen molar-refractivity contribution in [2.45, 2.75) is 38.9 Å². The Hall–Kier alpha value is -4.02. The molecule has 1 saturated carbocycles. The summed E-state index contributed by atoms with van der Waals surface area (Å²) in [7, 11) is 1.48. The number of hydrogen-bond donors (Lipinski definition) is 2. The number of halogens is 3. The fourth-order valence-corrected chi connectivity index (χ4v) is 3.78. The van der Waals surface area contributed by atoms with Crippen LogP contribution in [-0.4, -0.2) is 26.5 Å². The van der Waals surface area contributed by atoms with Crippen LogP contribution in [-0.2, 0) is 24.6 Å². The van der Waals surface area contributed by atoms with Crippen LogP contribution < -0.4 is 16.2 Å². The second kappa shape index (κ2) is 9.56. The first kappa shape index (κ1) is 25.1. The highest BCUT2D eigenvalue weighted by Gasteiger charge is 2.51. The highest BCUT2D eigenvalue weighted by molar-refractivity contribution is 6.00.